The highest BCUT2D eigenvalue weighted by Crippen LogP contribution is 2.20. The molecular weight excluding hydrogens is 287 g/mol. The van der Waals surface area contributed by atoms with Crippen molar-refractivity contribution in [2.24, 2.45) is 0 Å². The van der Waals surface area contributed by atoms with Crippen molar-refractivity contribution < 1.29 is 0 Å². The van der Waals surface area contributed by atoms with Crippen molar-refractivity contribution in [3.8, 4) is 0 Å². The molecule has 2 aromatic rings. The van der Waals surface area contributed by atoms with Crippen LogP contribution in [0.1, 0.15) is 16.3 Å². The van der Waals surface area contributed by atoms with Crippen molar-refractivity contribution >= 4 is 34.5 Å². The number of aromatic nitrogens is 1. The molecule has 0 atom stereocenters. The molecule has 2 rings (SSSR count). The van der Waals surface area contributed by atoms with Crippen LogP contribution >= 0.6 is 34.5 Å². The maximum Gasteiger partial charge on any atom is 0.0897 e. The summed E-state index contributed by atoms with van der Waals surface area (Å²) in [6.45, 7) is 3.63. The molecule has 1 aromatic heterocycles. The van der Waals surface area contributed by atoms with Crippen molar-refractivity contribution in [3.05, 3.63) is 49.9 Å². The molecule has 0 radical (unpaired) electrons. The van der Waals surface area contributed by atoms with Gasteiger partial charge in [-0.15, -0.1) is 11.3 Å². The predicted molar refractivity (Wildman–Crippen MR) is 78.7 cm³/mol. The number of thiazole rings is 1. The van der Waals surface area contributed by atoms with Crippen molar-refractivity contribution in [2.45, 2.75) is 19.9 Å². The maximum absolute atomic E-state index is 6.09. The zero-order valence-electron chi connectivity index (χ0n) is 10.0. The van der Waals surface area contributed by atoms with Crippen LogP contribution in [-0.2, 0) is 13.0 Å². The molecule has 1 N–H and O–H groups in total. The van der Waals surface area contributed by atoms with Gasteiger partial charge in [0, 0.05) is 34.9 Å². The summed E-state index contributed by atoms with van der Waals surface area (Å²) >= 11 is 13.7. The number of halogens is 2. The van der Waals surface area contributed by atoms with Gasteiger partial charge in [0.05, 0.1) is 10.7 Å². The minimum absolute atomic E-state index is 0.714. The fourth-order valence-corrected chi connectivity index (χ4v) is 2.67. The van der Waals surface area contributed by atoms with E-state index < -0.39 is 0 Å². The van der Waals surface area contributed by atoms with E-state index in [1.807, 2.05) is 19.1 Å². The standard InChI is InChI=1S/C13H14Cl2N2S/c1-9-17-12(8-18-9)4-5-16-7-10-6-11(14)2-3-13(10)15/h2-3,6,8,16H,4-5,7H2,1H3. The van der Waals surface area contributed by atoms with Gasteiger partial charge in [-0.05, 0) is 30.7 Å². The lowest BCUT2D eigenvalue weighted by Gasteiger charge is -2.06. The Morgan fingerprint density at radius 3 is 2.89 bits per heavy atom. The molecule has 0 aliphatic rings. The molecule has 2 nitrogen and oxygen atoms in total. The van der Waals surface area contributed by atoms with Crippen molar-refractivity contribution in [3.63, 3.8) is 0 Å². The molecule has 0 saturated heterocycles. The van der Waals surface area contributed by atoms with E-state index in [-0.39, 0.29) is 0 Å². The van der Waals surface area contributed by atoms with Crippen molar-refractivity contribution in [1.29, 1.82) is 0 Å². The van der Waals surface area contributed by atoms with Crippen LogP contribution in [-0.4, -0.2) is 11.5 Å². The lowest BCUT2D eigenvalue weighted by atomic mass is 10.2. The van der Waals surface area contributed by atoms with E-state index in [2.05, 4.69) is 15.7 Å². The molecule has 18 heavy (non-hydrogen) atoms. The Kier molecular flexibility index (Phi) is 5.01. The first-order valence-corrected chi connectivity index (χ1v) is 7.34. The molecule has 0 aliphatic heterocycles. The molecule has 96 valence electrons. The predicted octanol–water partition coefficient (Wildman–Crippen LogP) is 4.09. The molecule has 0 amide bonds. The number of rotatable bonds is 5. The average Bonchev–Trinajstić information content (AvgIpc) is 2.75. The third kappa shape index (κ3) is 3.95. The zero-order valence-corrected chi connectivity index (χ0v) is 12.4. The maximum atomic E-state index is 6.09. The normalized spacial score (nSPS) is 10.8. The van der Waals surface area contributed by atoms with E-state index in [1.54, 1.807) is 17.4 Å². The molecule has 0 saturated carbocycles. The smallest absolute Gasteiger partial charge is 0.0897 e. The fourth-order valence-electron chi connectivity index (χ4n) is 1.64. The minimum atomic E-state index is 0.714. The molecule has 1 heterocycles. The summed E-state index contributed by atoms with van der Waals surface area (Å²) in [7, 11) is 0. The first kappa shape index (κ1) is 13.8. The highest BCUT2D eigenvalue weighted by Gasteiger charge is 2.02. The summed E-state index contributed by atoms with van der Waals surface area (Å²) < 4.78 is 0. The van der Waals surface area contributed by atoms with E-state index in [4.69, 9.17) is 23.2 Å². The second kappa shape index (κ2) is 6.53. The monoisotopic (exact) mass is 300 g/mol. The average molecular weight is 301 g/mol. The number of benzene rings is 1. The first-order valence-electron chi connectivity index (χ1n) is 5.71. The quantitative estimate of drug-likeness (QED) is 0.841. The Bertz CT molecular complexity index is 525. The molecule has 0 aliphatic carbocycles. The summed E-state index contributed by atoms with van der Waals surface area (Å²) in [5.74, 6) is 0. The summed E-state index contributed by atoms with van der Waals surface area (Å²) in [4.78, 5) is 4.42. The largest absolute Gasteiger partial charge is 0.312 e. The van der Waals surface area contributed by atoms with Crippen LogP contribution in [0.3, 0.4) is 0 Å². The van der Waals surface area contributed by atoms with Crippen LogP contribution in [0.2, 0.25) is 10.0 Å². The minimum Gasteiger partial charge on any atom is -0.312 e. The topological polar surface area (TPSA) is 24.9 Å². The Labute approximate surface area is 121 Å². The van der Waals surface area contributed by atoms with Gasteiger partial charge in [-0.2, -0.15) is 0 Å². The van der Waals surface area contributed by atoms with E-state index in [0.717, 1.165) is 40.8 Å². The molecule has 0 fully saturated rings. The lowest BCUT2D eigenvalue weighted by Crippen LogP contribution is -2.17. The second-order valence-corrected chi connectivity index (χ2v) is 5.93. The second-order valence-electron chi connectivity index (χ2n) is 4.02. The van der Waals surface area contributed by atoms with Gasteiger partial charge in [0.2, 0.25) is 0 Å². The van der Waals surface area contributed by atoms with Gasteiger partial charge < -0.3 is 5.32 Å². The van der Waals surface area contributed by atoms with Crippen LogP contribution in [0.15, 0.2) is 23.6 Å². The van der Waals surface area contributed by atoms with Gasteiger partial charge in [0.15, 0.2) is 0 Å². The van der Waals surface area contributed by atoms with Crippen LogP contribution in [0.5, 0.6) is 0 Å². The number of aryl methyl sites for hydroxylation is 1. The summed E-state index contributed by atoms with van der Waals surface area (Å²) in [5.41, 5.74) is 2.17. The Morgan fingerprint density at radius 1 is 1.33 bits per heavy atom. The SMILES string of the molecule is Cc1nc(CCNCc2cc(Cl)ccc2Cl)cs1. The molecule has 0 unspecified atom stereocenters. The number of hydrogen-bond acceptors (Lipinski definition) is 3. The number of nitrogens with one attached hydrogen (secondary N) is 1. The summed E-state index contributed by atoms with van der Waals surface area (Å²) in [6.07, 6.45) is 0.933. The Balaban J connectivity index is 1.80. The van der Waals surface area contributed by atoms with Gasteiger partial charge in [-0.1, -0.05) is 23.2 Å². The van der Waals surface area contributed by atoms with E-state index in [9.17, 15) is 0 Å². The van der Waals surface area contributed by atoms with Gasteiger partial charge >= 0.3 is 0 Å². The lowest BCUT2D eigenvalue weighted by molar-refractivity contribution is 0.681. The van der Waals surface area contributed by atoms with Gasteiger partial charge in [0.1, 0.15) is 0 Å². The van der Waals surface area contributed by atoms with Gasteiger partial charge in [-0.25, -0.2) is 4.98 Å². The van der Waals surface area contributed by atoms with Crippen LogP contribution < -0.4 is 5.32 Å². The number of nitrogens with zero attached hydrogens (tertiary/aromatic N) is 1. The first-order chi connectivity index (χ1) is 8.65. The fraction of sp³-hybridized carbons (Fsp3) is 0.308. The van der Waals surface area contributed by atoms with E-state index in [0.29, 0.717) is 5.02 Å². The zero-order chi connectivity index (χ0) is 13.0. The molecule has 0 bridgehead atoms. The highest BCUT2D eigenvalue weighted by molar-refractivity contribution is 7.09. The van der Waals surface area contributed by atoms with E-state index >= 15 is 0 Å². The number of hydrogen-bond donors (Lipinski definition) is 1. The Morgan fingerprint density at radius 2 is 2.17 bits per heavy atom. The highest BCUT2D eigenvalue weighted by atomic mass is 35.5. The van der Waals surface area contributed by atoms with E-state index in [1.165, 1.54) is 0 Å². The summed E-state index contributed by atoms with van der Waals surface area (Å²) in [6, 6.07) is 5.51. The van der Waals surface area contributed by atoms with Crippen LogP contribution in [0.25, 0.3) is 0 Å². The third-order valence-electron chi connectivity index (χ3n) is 2.55. The van der Waals surface area contributed by atoms with Gasteiger partial charge in [-0.3, -0.25) is 0 Å². The van der Waals surface area contributed by atoms with Crippen LogP contribution in [0.4, 0.5) is 0 Å². The van der Waals surface area contributed by atoms with Gasteiger partial charge in [0.25, 0.3) is 0 Å². The third-order valence-corrected chi connectivity index (χ3v) is 3.97. The summed E-state index contributed by atoms with van der Waals surface area (Å²) in [5, 5.41) is 8.02. The molecule has 0 spiro atoms. The Hall–Kier alpha value is -0.610. The van der Waals surface area contributed by atoms with Crippen molar-refractivity contribution in [1.82, 2.24) is 10.3 Å². The van der Waals surface area contributed by atoms with Crippen LogP contribution in [0, 0.1) is 6.92 Å². The molecular formula is C13H14Cl2N2S. The molecule has 1 aromatic carbocycles. The van der Waals surface area contributed by atoms with Crippen molar-refractivity contribution in [2.75, 3.05) is 6.54 Å². The molecule has 5 heteroatoms.